The molecule has 1 unspecified atom stereocenters. The molecule has 0 aliphatic rings. The first-order valence-corrected chi connectivity index (χ1v) is 8.04. The number of nitrogens with two attached hydrogens (primary N) is 1. The predicted octanol–water partition coefficient (Wildman–Crippen LogP) is 4.17. The number of thiophene rings is 1. The molecule has 2 aromatic heterocycles. The van der Waals surface area contributed by atoms with Crippen LogP contribution in [0.15, 0.2) is 51.8 Å². The smallest absolute Gasteiger partial charge is 0.0934 e. The van der Waals surface area contributed by atoms with Gasteiger partial charge >= 0.3 is 0 Å². The minimum atomic E-state index is 0.109. The fraction of sp³-hybridized carbons (Fsp3) is 0.133. The van der Waals surface area contributed by atoms with Crippen LogP contribution in [0.5, 0.6) is 0 Å². The number of halogens is 1. The molecule has 3 aromatic rings. The van der Waals surface area contributed by atoms with Gasteiger partial charge in [-0.05, 0) is 50.5 Å². The number of hydrogen-bond acceptors (Lipinski definition) is 4. The van der Waals surface area contributed by atoms with Gasteiger partial charge in [-0.3, -0.25) is 4.98 Å². The highest BCUT2D eigenvalue weighted by atomic mass is 79.9. The highest BCUT2D eigenvalue weighted by Crippen LogP contribution is 2.27. The second kappa shape index (κ2) is 5.91. The molecular weight excluding hydrogens is 334 g/mol. The molecule has 102 valence electrons. The van der Waals surface area contributed by atoms with E-state index in [1.54, 1.807) is 11.3 Å². The Morgan fingerprint density at radius 2 is 2.25 bits per heavy atom. The molecule has 3 nitrogen and oxygen atoms in total. The van der Waals surface area contributed by atoms with E-state index in [0.717, 1.165) is 21.1 Å². The van der Waals surface area contributed by atoms with Crippen LogP contribution in [0.2, 0.25) is 0 Å². The Morgan fingerprint density at radius 3 is 3.00 bits per heavy atom. The van der Waals surface area contributed by atoms with Crippen LogP contribution >= 0.6 is 27.3 Å². The van der Waals surface area contributed by atoms with Gasteiger partial charge < -0.3 is 11.1 Å². The summed E-state index contributed by atoms with van der Waals surface area (Å²) in [5.41, 5.74) is 9.08. The monoisotopic (exact) mass is 347 g/mol. The normalized spacial score (nSPS) is 12.5. The molecule has 2 heterocycles. The lowest BCUT2D eigenvalue weighted by Gasteiger charge is -2.18. The SMILES string of the molecule is NCC(Nc1cccc2cc(Br)cnc12)c1ccsc1. The zero-order valence-electron chi connectivity index (χ0n) is 10.7. The first-order valence-electron chi connectivity index (χ1n) is 6.31. The minimum Gasteiger partial charge on any atom is -0.375 e. The van der Waals surface area contributed by atoms with Crippen LogP contribution in [0.1, 0.15) is 11.6 Å². The van der Waals surface area contributed by atoms with E-state index in [9.17, 15) is 0 Å². The van der Waals surface area contributed by atoms with Crippen molar-refractivity contribution in [2.24, 2.45) is 5.73 Å². The standard InChI is InChI=1S/C15H14BrN3S/c16-12-6-10-2-1-3-13(15(10)18-8-12)19-14(7-17)11-4-5-20-9-11/h1-6,8-9,14,19H,7,17H2. The predicted molar refractivity (Wildman–Crippen MR) is 89.2 cm³/mol. The molecule has 0 saturated carbocycles. The summed E-state index contributed by atoms with van der Waals surface area (Å²) in [5.74, 6) is 0. The fourth-order valence-electron chi connectivity index (χ4n) is 2.19. The summed E-state index contributed by atoms with van der Waals surface area (Å²) in [7, 11) is 0. The summed E-state index contributed by atoms with van der Waals surface area (Å²) in [4.78, 5) is 4.50. The number of nitrogens with one attached hydrogen (secondary N) is 1. The van der Waals surface area contributed by atoms with E-state index in [4.69, 9.17) is 5.73 Å². The molecule has 0 fully saturated rings. The molecule has 0 spiro atoms. The van der Waals surface area contributed by atoms with Crippen LogP contribution in [-0.2, 0) is 0 Å². The van der Waals surface area contributed by atoms with Crippen molar-refractivity contribution in [1.29, 1.82) is 0 Å². The fourth-order valence-corrected chi connectivity index (χ4v) is 3.25. The molecule has 0 radical (unpaired) electrons. The van der Waals surface area contributed by atoms with E-state index < -0.39 is 0 Å². The number of rotatable bonds is 4. The zero-order chi connectivity index (χ0) is 13.9. The van der Waals surface area contributed by atoms with Crippen molar-refractivity contribution in [3.05, 3.63) is 57.3 Å². The Balaban J connectivity index is 1.98. The Kier molecular flexibility index (Phi) is 4.00. The van der Waals surface area contributed by atoms with Crippen molar-refractivity contribution in [2.45, 2.75) is 6.04 Å². The van der Waals surface area contributed by atoms with E-state index in [2.05, 4.69) is 55.2 Å². The van der Waals surface area contributed by atoms with Crippen LogP contribution in [0, 0.1) is 0 Å². The van der Waals surface area contributed by atoms with Gasteiger partial charge in [-0.2, -0.15) is 11.3 Å². The van der Waals surface area contributed by atoms with Crippen LogP contribution in [0.3, 0.4) is 0 Å². The molecule has 0 aliphatic carbocycles. The molecule has 20 heavy (non-hydrogen) atoms. The van der Waals surface area contributed by atoms with Gasteiger partial charge in [0, 0.05) is 22.6 Å². The van der Waals surface area contributed by atoms with Crippen molar-refractivity contribution < 1.29 is 0 Å². The summed E-state index contributed by atoms with van der Waals surface area (Å²) < 4.78 is 0.982. The average molecular weight is 348 g/mol. The minimum absolute atomic E-state index is 0.109. The number of benzene rings is 1. The van der Waals surface area contributed by atoms with Crippen LogP contribution < -0.4 is 11.1 Å². The number of aromatic nitrogens is 1. The molecule has 3 rings (SSSR count). The Morgan fingerprint density at radius 1 is 1.35 bits per heavy atom. The highest BCUT2D eigenvalue weighted by Gasteiger charge is 2.12. The molecule has 5 heteroatoms. The zero-order valence-corrected chi connectivity index (χ0v) is 13.1. The molecule has 0 aliphatic heterocycles. The third-order valence-electron chi connectivity index (χ3n) is 3.19. The average Bonchev–Trinajstić information content (AvgIpc) is 2.98. The molecule has 1 atom stereocenters. The van der Waals surface area contributed by atoms with Gasteiger partial charge in [-0.1, -0.05) is 12.1 Å². The lowest BCUT2D eigenvalue weighted by molar-refractivity contribution is 0.794. The quantitative estimate of drug-likeness (QED) is 0.744. The molecule has 0 bridgehead atoms. The summed E-state index contributed by atoms with van der Waals surface area (Å²) in [5, 5.41) is 8.79. The largest absolute Gasteiger partial charge is 0.375 e. The summed E-state index contributed by atoms with van der Waals surface area (Å²) in [6, 6.07) is 10.4. The van der Waals surface area contributed by atoms with Crippen molar-refractivity contribution in [1.82, 2.24) is 4.98 Å². The second-order valence-corrected chi connectivity index (χ2v) is 6.22. The maximum atomic E-state index is 5.89. The molecule has 1 aromatic carbocycles. The van der Waals surface area contributed by atoms with Gasteiger partial charge in [0.25, 0.3) is 0 Å². The van der Waals surface area contributed by atoms with E-state index >= 15 is 0 Å². The highest BCUT2D eigenvalue weighted by molar-refractivity contribution is 9.10. The summed E-state index contributed by atoms with van der Waals surface area (Å²) in [6.07, 6.45) is 1.82. The van der Waals surface area contributed by atoms with Gasteiger partial charge in [0.1, 0.15) is 0 Å². The maximum absolute atomic E-state index is 5.89. The Hall–Kier alpha value is -1.43. The van der Waals surface area contributed by atoms with Crippen molar-refractivity contribution >= 4 is 43.9 Å². The lowest BCUT2D eigenvalue weighted by atomic mass is 10.1. The van der Waals surface area contributed by atoms with Crippen molar-refractivity contribution in [3.8, 4) is 0 Å². The number of anilines is 1. The van der Waals surface area contributed by atoms with E-state index in [1.807, 2.05) is 18.3 Å². The number of fused-ring (bicyclic) bond motifs is 1. The molecular formula is C15H14BrN3S. The lowest BCUT2D eigenvalue weighted by Crippen LogP contribution is -2.20. The third kappa shape index (κ3) is 2.70. The first kappa shape index (κ1) is 13.5. The van der Waals surface area contributed by atoms with Crippen molar-refractivity contribution in [2.75, 3.05) is 11.9 Å². The third-order valence-corrected chi connectivity index (χ3v) is 4.32. The van der Waals surface area contributed by atoms with Gasteiger partial charge in [0.2, 0.25) is 0 Å². The topological polar surface area (TPSA) is 50.9 Å². The van der Waals surface area contributed by atoms with Gasteiger partial charge in [0.15, 0.2) is 0 Å². The number of para-hydroxylation sites is 1. The van der Waals surface area contributed by atoms with Gasteiger partial charge in [-0.15, -0.1) is 0 Å². The summed E-state index contributed by atoms with van der Waals surface area (Å²) >= 11 is 5.13. The molecule has 3 N–H and O–H groups in total. The number of hydrogen-bond donors (Lipinski definition) is 2. The van der Waals surface area contributed by atoms with Gasteiger partial charge in [0.05, 0.1) is 17.2 Å². The second-order valence-electron chi connectivity index (χ2n) is 4.52. The Labute approximate surface area is 130 Å². The van der Waals surface area contributed by atoms with E-state index in [1.165, 1.54) is 5.56 Å². The maximum Gasteiger partial charge on any atom is 0.0934 e. The van der Waals surface area contributed by atoms with Gasteiger partial charge in [-0.25, -0.2) is 0 Å². The number of nitrogens with zero attached hydrogens (tertiary/aromatic N) is 1. The van der Waals surface area contributed by atoms with E-state index in [-0.39, 0.29) is 6.04 Å². The Bertz CT molecular complexity index is 712. The van der Waals surface area contributed by atoms with Crippen molar-refractivity contribution in [3.63, 3.8) is 0 Å². The summed E-state index contributed by atoms with van der Waals surface area (Å²) in [6.45, 7) is 0.545. The first-order chi connectivity index (χ1) is 9.78. The van der Waals surface area contributed by atoms with Crippen LogP contribution in [0.4, 0.5) is 5.69 Å². The molecule has 0 amide bonds. The van der Waals surface area contributed by atoms with Crippen LogP contribution in [-0.4, -0.2) is 11.5 Å². The van der Waals surface area contributed by atoms with Crippen LogP contribution in [0.25, 0.3) is 10.9 Å². The molecule has 0 saturated heterocycles. The van der Waals surface area contributed by atoms with E-state index in [0.29, 0.717) is 6.54 Å². The number of pyridine rings is 1.